The van der Waals surface area contributed by atoms with E-state index in [1.807, 2.05) is 18.2 Å². The molecule has 16 heavy (non-hydrogen) atoms. The van der Waals surface area contributed by atoms with Crippen molar-refractivity contribution in [3.8, 4) is 6.07 Å². The monoisotopic (exact) mass is 215 g/mol. The van der Waals surface area contributed by atoms with E-state index in [2.05, 4.69) is 11.4 Å². The molecule has 0 aromatic heterocycles. The summed E-state index contributed by atoms with van der Waals surface area (Å²) in [4.78, 5) is 11.0. The summed E-state index contributed by atoms with van der Waals surface area (Å²) in [6, 6.07) is 9.37. The van der Waals surface area contributed by atoms with Crippen LogP contribution >= 0.6 is 0 Å². The second-order valence-electron chi connectivity index (χ2n) is 4.03. The van der Waals surface area contributed by atoms with Crippen molar-refractivity contribution in [2.45, 2.75) is 18.4 Å². The van der Waals surface area contributed by atoms with E-state index >= 15 is 0 Å². The number of hydrogen-bond acceptors (Lipinski definition) is 3. The highest BCUT2D eigenvalue weighted by Crippen LogP contribution is 2.25. The fourth-order valence-electron chi connectivity index (χ4n) is 2.07. The number of hydrogen-bond donors (Lipinski definition) is 2. The third-order valence-electron chi connectivity index (χ3n) is 2.96. The highest BCUT2D eigenvalue weighted by Gasteiger charge is 2.28. The minimum Gasteiger partial charge on any atom is -0.368 e. The standard InChI is InChI=1S/C12H13N3O/c13-6-8-2-1-3-9(4-8)10-5-11(12(14)16)15-7-10/h1-4,10-11,15H,5,7H2,(H2,14,16). The number of primary amides is 1. The maximum Gasteiger partial charge on any atom is 0.234 e. The number of carbonyl (C=O) groups is 1. The Morgan fingerprint density at radius 3 is 3.00 bits per heavy atom. The van der Waals surface area contributed by atoms with E-state index < -0.39 is 0 Å². The largest absolute Gasteiger partial charge is 0.368 e. The first-order valence-corrected chi connectivity index (χ1v) is 5.23. The molecule has 1 amide bonds. The molecule has 3 N–H and O–H groups in total. The second-order valence-corrected chi connectivity index (χ2v) is 4.03. The Hall–Kier alpha value is -1.86. The molecule has 1 saturated heterocycles. The Morgan fingerprint density at radius 1 is 1.56 bits per heavy atom. The Kier molecular flexibility index (Phi) is 2.88. The van der Waals surface area contributed by atoms with Crippen LogP contribution < -0.4 is 11.1 Å². The zero-order valence-electron chi connectivity index (χ0n) is 8.81. The summed E-state index contributed by atoms with van der Waals surface area (Å²) in [5.74, 6) is -0.0373. The molecular formula is C12H13N3O. The van der Waals surface area contributed by atoms with Gasteiger partial charge in [-0.1, -0.05) is 12.1 Å². The molecule has 82 valence electrons. The van der Waals surface area contributed by atoms with Gasteiger partial charge in [-0.05, 0) is 30.0 Å². The van der Waals surface area contributed by atoms with Gasteiger partial charge in [0, 0.05) is 6.54 Å². The van der Waals surface area contributed by atoms with Gasteiger partial charge in [-0.15, -0.1) is 0 Å². The predicted molar refractivity (Wildman–Crippen MR) is 59.5 cm³/mol. The zero-order chi connectivity index (χ0) is 11.5. The lowest BCUT2D eigenvalue weighted by molar-refractivity contribution is -0.119. The number of benzene rings is 1. The Labute approximate surface area is 94.1 Å². The minimum atomic E-state index is -0.307. The fourth-order valence-corrected chi connectivity index (χ4v) is 2.07. The van der Waals surface area contributed by atoms with E-state index in [9.17, 15) is 4.79 Å². The molecule has 1 aromatic carbocycles. The van der Waals surface area contributed by atoms with E-state index in [1.54, 1.807) is 6.07 Å². The number of nitriles is 1. The number of amides is 1. The number of nitrogens with one attached hydrogen (secondary N) is 1. The van der Waals surface area contributed by atoms with Gasteiger partial charge in [-0.3, -0.25) is 4.79 Å². The van der Waals surface area contributed by atoms with Crippen LogP contribution in [0.2, 0.25) is 0 Å². The maximum atomic E-state index is 11.0. The average Bonchev–Trinajstić information content (AvgIpc) is 2.78. The van der Waals surface area contributed by atoms with Crippen LogP contribution in [-0.4, -0.2) is 18.5 Å². The summed E-state index contributed by atoms with van der Waals surface area (Å²) in [5, 5.41) is 11.9. The predicted octanol–water partition coefficient (Wildman–Crippen LogP) is 0.489. The van der Waals surface area contributed by atoms with Crippen LogP contribution in [0.3, 0.4) is 0 Å². The lowest BCUT2D eigenvalue weighted by atomic mass is 9.95. The molecule has 0 bridgehead atoms. The number of carbonyl (C=O) groups excluding carboxylic acids is 1. The van der Waals surface area contributed by atoms with Crippen LogP contribution in [0.15, 0.2) is 24.3 Å². The van der Waals surface area contributed by atoms with E-state index in [-0.39, 0.29) is 17.9 Å². The lowest BCUT2D eigenvalue weighted by Gasteiger charge is -2.08. The molecule has 1 aliphatic rings. The topological polar surface area (TPSA) is 78.9 Å². The summed E-state index contributed by atoms with van der Waals surface area (Å²) >= 11 is 0. The molecular weight excluding hydrogens is 202 g/mol. The van der Waals surface area contributed by atoms with Crippen LogP contribution in [0.1, 0.15) is 23.5 Å². The van der Waals surface area contributed by atoms with Gasteiger partial charge in [-0.2, -0.15) is 5.26 Å². The van der Waals surface area contributed by atoms with Crippen molar-refractivity contribution in [1.82, 2.24) is 5.32 Å². The lowest BCUT2D eigenvalue weighted by Crippen LogP contribution is -2.36. The van der Waals surface area contributed by atoms with Crippen LogP contribution in [0.4, 0.5) is 0 Å². The highest BCUT2D eigenvalue weighted by atomic mass is 16.1. The van der Waals surface area contributed by atoms with Gasteiger partial charge in [0.1, 0.15) is 0 Å². The number of nitrogens with two attached hydrogens (primary N) is 1. The minimum absolute atomic E-state index is 0.240. The maximum absolute atomic E-state index is 11.0. The van der Waals surface area contributed by atoms with Crippen LogP contribution in [0, 0.1) is 11.3 Å². The van der Waals surface area contributed by atoms with Crippen LogP contribution in [0.5, 0.6) is 0 Å². The van der Waals surface area contributed by atoms with Crippen molar-refractivity contribution < 1.29 is 4.79 Å². The first-order valence-electron chi connectivity index (χ1n) is 5.23. The molecule has 2 atom stereocenters. The summed E-state index contributed by atoms with van der Waals surface area (Å²) in [7, 11) is 0. The first-order chi connectivity index (χ1) is 7.70. The molecule has 0 aliphatic carbocycles. The SMILES string of the molecule is N#Cc1cccc(C2CNC(C(N)=O)C2)c1. The van der Waals surface area contributed by atoms with E-state index in [4.69, 9.17) is 11.0 Å². The first kappa shape index (κ1) is 10.7. The van der Waals surface area contributed by atoms with Crippen LogP contribution in [-0.2, 0) is 4.79 Å². The van der Waals surface area contributed by atoms with Gasteiger partial charge in [0.15, 0.2) is 0 Å². The second kappa shape index (κ2) is 4.33. The molecule has 0 spiro atoms. The number of rotatable bonds is 2. The summed E-state index contributed by atoms with van der Waals surface area (Å²) in [6.07, 6.45) is 0.713. The molecule has 1 aliphatic heterocycles. The molecule has 2 rings (SSSR count). The average molecular weight is 215 g/mol. The molecule has 1 heterocycles. The molecule has 4 nitrogen and oxygen atoms in total. The smallest absolute Gasteiger partial charge is 0.234 e. The normalized spacial score (nSPS) is 23.9. The van der Waals surface area contributed by atoms with E-state index in [0.717, 1.165) is 12.1 Å². The van der Waals surface area contributed by atoms with E-state index in [1.165, 1.54) is 0 Å². The molecule has 0 radical (unpaired) electrons. The van der Waals surface area contributed by atoms with Crippen molar-refractivity contribution in [3.63, 3.8) is 0 Å². The summed E-state index contributed by atoms with van der Waals surface area (Å²) in [6.45, 7) is 0.739. The van der Waals surface area contributed by atoms with Crippen molar-refractivity contribution >= 4 is 5.91 Å². The van der Waals surface area contributed by atoms with Crippen LogP contribution in [0.25, 0.3) is 0 Å². The third kappa shape index (κ3) is 2.05. The Balaban J connectivity index is 2.14. The molecule has 0 saturated carbocycles. The highest BCUT2D eigenvalue weighted by molar-refractivity contribution is 5.80. The molecule has 2 unspecified atom stereocenters. The quantitative estimate of drug-likeness (QED) is 0.753. The van der Waals surface area contributed by atoms with Gasteiger partial charge in [0.25, 0.3) is 0 Å². The Bertz CT molecular complexity index is 450. The van der Waals surface area contributed by atoms with Crippen molar-refractivity contribution in [2.75, 3.05) is 6.54 Å². The van der Waals surface area contributed by atoms with Gasteiger partial charge in [0.05, 0.1) is 17.7 Å². The molecule has 1 fully saturated rings. The van der Waals surface area contributed by atoms with Gasteiger partial charge in [-0.25, -0.2) is 0 Å². The Morgan fingerprint density at radius 2 is 2.38 bits per heavy atom. The number of nitrogens with zero attached hydrogens (tertiary/aromatic N) is 1. The van der Waals surface area contributed by atoms with Crippen molar-refractivity contribution in [1.29, 1.82) is 5.26 Å². The third-order valence-corrected chi connectivity index (χ3v) is 2.96. The van der Waals surface area contributed by atoms with E-state index in [0.29, 0.717) is 12.0 Å². The van der Waals surface area contributed by atoms with Gasteiger partial charge >= 0.3 is 0 Å². The summed E-state index contributed by atoms with van der Waals surface area (Å²) < 4.78 is 0. The van der Waals surface area contributed by atoms with Crippen molar-refractivity contribution in [3.05, 3.63) is 35.4 Å². The molecule has 1 aromatic rings. The summed E-state index contributed by atoms with van der Waals surface area (Å²) in [5.41, 5.74) is 6.99. The van der Waals surface area contributed by atoms with Crippen molar-refractivity contribution in [2.24, 2.45) is 5.73 Å². The van der Waals surface area contributed by atoms with Gasteiger partial charge < -0.3 is 11.1 Å². The zero-order valence-corrected chi connectivity index (χ0v) is 8.81. The fraction of sp³-hybridized carbons (Fsp3) is 0.333. The van der Waals surface area contributed by atoms with Gasteiger partial charge in [0.2, 0.25) is 5.91 Å². The molecule has 4 heteroatoms.